The van der Waals surface area contributed by atoms with E-state index < -0.39 is 0 Å². The second-order valence-corrected chi connectivity index (χ2v) is 3.88. The quantitative estimate of drug-likeness (QED) is 0.767. The zero-order valence-corrected chi connectivity index (χ0v) is 9.09. The highest BCUT2D eigenvalue weighted by molar-refractivity contribution is 9.10. The van der Waals surface area contributed by atoms with Crippen molar-refractivity contribution in [3.8, 4) is 0 Å². The van der Waals surface area contributed by atoms with Gasteiger partial charge in [-0.3, -0.25) is 4.40 Å². The van der Waals surface area contributed by atoms with Gasteiger partial charge in [0, 0.05) is 6.20 Å². The number of nitrogen functional groups attached to an aromatic ring is 1. The monoisotopic (exact) mass is 239 g/mol. The predicted molar refractivity (Wildman–Crippen MR) is 56.8 cm³/mol. The molecule has 68 valence electrons. The first-order chi connectivity index (χ1) is 6.11. The minimum atomic E-state index is 0.704. The first-order valence-electron chi connectivity index (χ1n) is 4.00. The van der Waals surface area contributed by atoms with Gasteiger partial charge >= 0.3 is 0 Å². The normalized spacial score (nSPS) is 11.0. The van der Waals surface area contributed by atoms with Gasteiger partial charge in [0.15, 0.2) is 5.65 Å². The maximum atomic E-state index is 5.84. The third kappa shape index (κ3) is 1.13. The van der Waals surface area contributed by atoms with Crippen LogP contribution in [-0.4, -0.2) is 9.38 Å². The molecule has 2 heterocycles. The number of hydrogen-bond donors (Lipinski definition) is 1. The SMILES string of the molecule is Cc1ccn2c(N)c(C)nc2c1Br. The van der Waals surface area contributed by atoms with E-state index in [2.05, 4.69) is 20.9 Å². The van der Waals surface area contributed by atoms with Crippen molar-refractivity contribution in [1.82, 2.24) is 9.38 Å². The van der Waals surface area contributed by atoms with Crippen LogP contribution < -0.4 is 5.73 Å². The maximum absolute atomic E-state index is 5.84. The van der Waals surface area contributed by atoms with Gasteiger partial charge in [-0.2, -0.15) is 0 Å². The molecule has 2 aromatic heterocycles. The molecule has 0 atom stereocenters. The molecule has 2 rings (SSSR count). The van der Waals surface area contributed by atoms with Crippen LogP contribution in [-0.2, 0) is 0 Å². The van der Waals surface area contributed by atoms with E-state index in [0.29, 0.717) is 5.82 Å². The molecule has 0 amide bonds. The van der Waals surface area contributed by atoms with Crippen molar-refractivity contribution in [2.24, 2.45) is 0 Å². The Balaban J connectivity index is 2.94. The lowest BCUT2D eigenvalue weighted by Crippen LogP contribution is -1.94. The number of aryl methyl sites for hydroxylation is 2. The summed E-state index contributed by atoms with van der Waals surface area (Å²) in [6, 6.07) is 2.01. The van der Waals surface area contributed by atoms with Crippen LogP contribution in [0.2, 0.25) is 0 Å². The Bertz CT molecular complexity index is 473. The van der Waals surface area contributed by atoms with Crippen molar-refractivity contribution in [2.45, 2.75) is 13.8 Å². The van der Waals surface area contributed by atoms with Crippen LogP contribution >= 0.6 is 15.9 Å². The van der Waals surface area contributed by atoms with Gasteiger partial charge in [-0.15, -0.1) is 0 Å². The Hall–Kier alpha value is -1.03. The van der Waals surface area contributed by atoms with Gasteiger partial charge in [-0.25, -0.2) is 4.98 Å². The largest absolute Gasteiger partial charge is 0.383 e. The van der Waals surface area contributed by atoms with Gasteiger partial charge in [0.2, 0.25) is 0 Å². The standard InChI is InChI=1S/C9H10BrN3/c1-5-3-4-13-8(11)6(2)12-9(13)7(5)10/h3-4H,11H2,1-2H3. The van der Waals surface area contributed by atoms with Crippen LogP contribution in [0.1, 0.15) is 11.3 Å². The van der Waals surface area contributed by atoms with Crippen LogP contribution in [0, 0.1) is 13.8 Å². The van der Waals surface area contributed by atoms with E-state index in [1.807, 2.05) is 30.5 Å². The molecule has 0 saturated carbocycles. The summed E-state index contributed by atoms with van der Waals surface area (Å²) >= 11 is 3.49. The van der Waals surface area contributed by atoms with Crippen LogP contribution in [0.3, 0.4) is 0 Å². The molecule has 2 aromatic rings. The fraction of sp³-hybridized carbons (Fsp3) is 0.222. The predicted octanol–water partition coefficient (Wildman–Crippen LogP) is 2.30. The second kappa shape index (κ2) is 2.73. The Morgan fingerprint density at radius 3 is 2.85 bits per heavy atom. The summed E-state index contributed by atoms with van der Waals surface area (Å²) in [6.45, 7) is 3.94. The van der Waals surface area contributed by atoms with E-state index in [0.717, 1.165) is 21.4 Å². The van der Waals surface area contributed by atoms with Crippen molar-refractivity contribution >= 4 is 27.4 Å². The number of pyridine rings is 1. The molecule has 0 aromatic carbocycles. The molecule has 3 nitrogen and oxygen atoms in total. The van der Waals surface area contributed by atoms with Gasteiger partial charge in [0.1, 0.15) is 5.82 Å². The molecule has 0 fully saturated rings. The van der Waals surface area contributed by atoms with Gasteiger partial charge in [0.25, 0.3) is 0 Å². The average Bonchev–Trinajstić information content (AvgIpc) is 2.38. The Morgan fingerprint density at radius 1 is 1.46 bits per heavy atom. The number of anilines is 1. The minimum Gasteiger partial charge on any atom is -0.383 e. The molecule has 13 heavy (non-hydrogen) atoms. The minimum absolute atomic E-state index is 0.704. The molecule has 0 aliphatic heterocycles. The topological polar surface area (TPSA) is 43.3 Å². The van der Waals surface area contributed by atoms with Crippen LogP contribution in [0.5, 0.6) is 0 Å². The van der Waals surface area contributed by atoms with Gasteiger partial charge in [0.05, 0.1) is 10.2 Å². The summed E-state index contributed by atoms with van der Waals surface area (Å²) in [4.78, 5) is 4.36. The highest BCUT2D eigenvalue weighted by Gasteiger charge is 2.08. The van der Waals surface area contributed by atoms with E-state index in [1.165, 1.54) is 0 Å². The summed E-state index contributed by atoms with van der Waals surface area (Å²) in [7, 11) is 0. The van der Waals surface area contributed by atoms with Crippen molar-refractivity contribution in [2.75, 3.05) is 5.73 Å². The molecule has 0 unspecified atom stereocenters. The van der Waals surface area contributed by atoms with E-state index in [4.69, 9.17) is 5.73 Å². The molecule has 0 spiro atoms. The lowest BCUT2D eigenvalue weighted by atomic mass is 10.3. The molecule has 0 aliphatic carbocycles. The molecule has 4 heteroatoms. The smallest absolute Gasteiger partial charge is 0.153 e. The Labute approximate surface area is 84.7 Å². The van der Waals surface area contributed by atoms with Gasteiger partial charge < -0.3 is 5.73 Å². The molecular formula is C9H10BrN3. The highest BCUT2D eigenvalue weighted by Crippen LogP contribution is 2.24. The summed E-state index contributed by atoms with van der Waals surface area (Å²) in [5.41, 5.74) is 8.75. The van der Waals surface area contributed by atoms with Gasteiger partial charge in [-0.05, 0) is 41.4 Å². The molecule has 0 radical (unpaired) electrons. The van der Waals surface area contributed by atoms with E-state index in [-0.39, 0.29) is 0 Å². The zero-order valence-electron chi connectivity index (χ0n) is 7.50. The molecular weight excluding hydrogens is 230 g/mol. The van der Waals surface area contributed by atoms with E-state index in [9.17, 15) is 0 Å². The highest BCUT2D eigenvalue weighted by atomic mass is 79.9. The summed E-state index contributed by atoms with van der Waals surface area (Å²) < 4.78 is 2.89. The van der Waals surface area contributed by atoms with Crippen LogP contribution in [0.4, 0.5) is 5.82 Å². The molecule has 0 saturated heterocycles. The average molecular weight is 240 g/mol. The summed E-state index contributed by atoms with van der Waals surface area (Å²) in [6.07, 6.45) is 1.94. The van der Waals surface area contributed by atoms with Crippen molar-refractivity contribution in [1.29, 1.82) is 0 Å². The number of nitrogens with zero attached hydrogens (tertiary/aromatic N) is 2. The fourth-order valence-electron chi connectivity index (χ4n) is 1.30. The lowest BCUT2D eigenvalue weighted by molar-refractivity contribution is 1.17. The third-order valence-corrected chi connectivity index (χ3v) is 3.13. The number of halogens is 1. The zero-order chi connectivity index (χ0) is 9.59. The first-order valence-corrected chi connectivity index (χ1v) is 4.80. The maximum Gasteiger partial charge on any atom is 0.153 e. The van der Waals surface area contributed by atoms with Crippen LogP contribution in [0.25, 0.3) is 5.65 Å². The van der Waals surface area contributed by atoms with Crippen molar-refractivity contribution in [3.63, 3.8) is 0 Å². The van der Waals surface area contributed by atoms with Crippen molar-refractivity contribution < 1.29 is 0 Å². The summed E-state index contributed by atoms with van der Waals surface area (Å²) in [5, 5.41) is 0. The Kier molecular flexibility index (Phi) is 1.80. The van der Waals surface area contributed by atoms with Gasteiger partial charge in [-0.1, -0.05) is 0 Å². The molecule has 2 N–H and O–H groups in total. The summed E-state index contributed by atoms with van der Waals surface area (Å²) in [5.74, 6) is 0.704. The van der Waals surface area contributed by atoms with Crippen molar-refractivity contribution in [3.05, 3.63) is 28.0 Å². The Morgan fingerprint density at radius 2 is 2.15 bits per heavy atom. The molecule has 0 bridgehead atoms. The van der Waals surface area contributed by atoms with E-state index in [1.54, 1.807) is 0 Å². The van der Waals surface area contributed by atoms with E-state index >= 15 is 0 Å². The number of nitrogens with two attached hydrogens (primary N) is 1. The number of aromatic nitrogens is 2. The fourth-order valence-corrected chi connectivity index (χ4v) is 1.71. The third-order valence-electron chi connectivity index (χ3n) is 2.15. The number of imidazole rings is 1. The molecule has 0 aliphatic rings. The lowest BCUT2D eigenvalue weighted by Gasteiger charge is -2.00. The first kappa shape index (κ1) is 8.56. The number of hydrogen-bond acceptors (Lipinski definition) is 2. The second-order valence-electron chi connectivity index (χ2n) is 3.09. The number of rotatable bonds is 0. The van der Waals surface area contributed by atoms with Crippen LogP contribution in [0.15, 0.2) is 16.7 Å². The number of fused-ring (bicyclic) bond motifs is 1.